The van der Waals surface area contributed by atoms with Gasteiger partial charge in [0, 0.05) is 30.0 Å². The minimum absolute atomic E-state index is 0.00436. The first kappa shape index (κ1) is 29.9. The number of carbonyl (C=O) groups excluding carboxylic acids is 3. The van der Waals surface area contributed by atoms with Crippen LogP contribution in [0.3, 0.4) is 0 Å². The molecule has 0 saturated carbocycles. The zero-order valence-corrected chi connectivity index (χ0v) is 24.0. The number of carbonyl (C=O) groups is 3. The summed E-state index contributed by atoms with van der Waals surface area (Å²) < 4.78 is 17.3. The van der Waals surface area contributed by atoms with Crippen molar-refractivity contribution in [3.8, 4) is 17.2 Å². The third-order valence-electron chi connectivity index (χ3n) is 8.87. The molecule has 42 heavy (non-hydrogen) atoms. The summed E-state index contributed by atoms with van der Waals surface area (Å²) in [4.78, 5) is 42.2. The van der Waals surface area contributed by atoms with Crippen molar-refractivity contribution in [3.05, 3.63) is 51.6 Å². The molecule has 5 N–H and O–H groups in total. The number of fused-ring (bicyclic) bond motifs is 3. The molecule has 0 unspecified atom stereocenters. The van der Waals surface area contributed by atoms with Crippen LogP contribution >= 0.6 is 0 Å². The smallest absolute Gasteiger partial charge is 0.316 e. The molecule has 12 heteroatoms. The molecule has 1 heterocycles. The van der Waals surface area contributed by atoms with Crippen molar-refractivity contribution in [2.75, 3.05) is 21.2 Å². The molecule has 0 spiro atoms. The average molecular weight is 586 g/mol. The van der Waals surface area contributed by atoms with E-state index in [4.69, 9.17) is 14.2 Å². The zero-order chi connectivity index (χ0) is 30.8. The van der Waals surface area contributed by atoms with Crippen LogP contribution in [-0.2, 0) is 19.0 Å². The number of esters is 1. The summed E-state index contributed by atoms with van der Waals surface area (Å²) >= 11 is 0. The number of phenols is 3. The lowest BCUT2D eigenvalue weighted by Gasteiger charge is -2.46. The van der Waals surface area contributed by atoms with E-state index in [1.807, 2.05) is 19.0 Å². The average Bonchev–Trinajstić information content (AvgIpc) is 2.93. The number of aromatic hydroxyl groups is 3. The van der Waals surface area contributed by atoms with Gasteiger partial charge in [0.1, 0.15) is 23.2 Å². The number of aliphatic hydroxyl groups excluding tert-OH is 1. The number of phenolic OH excluding ortho intramolecular Hbond substituents is 3. The van der Waals surface area contributed by atoms with Gasteiger partial charge >= 0.3 is 5.97 Å². The SMILES string of the molecule is CC[C@]1(O)C[C@H](O[C@H]2C[C@H](N(C)C)[C@H](O)[C@H](C)O2)c2c(cc3c(c2O)C(=O)c2c(O)ccc(O)c2C3=O)[C@H]1C(=O)OC. The lowest BCUT2D eigenvalue weighted by molar-refractivity contribution is -0.258. The first-order chi connectivity index (χ1) is 19.7. The number of aliphatic hydroxyl groups is 2. The lowest BCUT2D eigenvalue weighted by atomic mass is 9.67. The van der Waals surface area contributed by atoms with Gasteiger partial charge in [-0.25, -0.2) is 0 Å². The van der Waals surface area contributed by atoms with Crippen molar-refractivity contribution < 1.29 is 54.1 Å². The van der Waals surface area contributed by atoms with E-state index in [9.17, 15) is 39.9 Å². The molecular formula is C30H35NO11. The minimum Gasteiger partial charge on any atom is -0.507 e. The highest BCUT2D eigenvalue weighted by Gasteiger charge is 2.53. The molecule has 226 valence electrons. The molecule has 0 amide bonds. The summed E-state index contributed by atoms with van der Waals surface area (Å²) in [6.07, 6.45) is -3.34. The van der Waals surface area contributed by atoms with E-state index < -0.39 is 87.6 Å². The summed E-state index contributed by atoms with van der Waals surface area (Å²) in [5.41, 5.74) is -3.36. The van der Waals surface area contributed by atoms with Gasteiger partial charge in [-0.1, -0.05) is 6.92 Å². The summed E-state index contributed by atoms with van der Waals surface area (Å²) in [5, 5.41) is 54.9. The Morgan fingerprint density at radius 2 is 1.71 bits per heavy atom. The Morgan fingerprint density at radius 1 is 1.10 bits per heavy atom. The third kappa shape index (κ3) is 4.45. The van der Waals surface area contributed by atoms with E-state index in [2.05, 4.69) is 0 Å². The molecule has 3 aliphatic rings. The molecule has 0 radical (unpaired) electrons. The molecule has 5 rings (SSSR count). The lowest BCUT2D eigenvalue weighted by Crippen LogP contribution is -2.54. The fraction of sp³-hybridized carbons (Fsp3) is 0.500. The number of rotatable bonds is 5. The maximum absolute atomic E-state index is 13.7. The second-order valence-corrected chi connectivity index (χ2v) is 11.4. The monoisotopic (exact) mass is 585 g/mol. The van der Waals surface area contributed by atoms with E-state index in [0.717, 1.165) is 19.2 Å². The van der Waals surface area contributed by atoms with Crippen LogP contribution in [0.5, 0.6) is 17.2 Å². The third-order valence-corrected chi connectivity index (χ3v) is 8.87. The fourth-order valence-electron chi connectivity index (χ4n) is 6.56. The number of benzene rings is 2. The van der Waals surface area contributed by atoms with Crippen LogP contribution in [0, 0.1) is 0 Å². The van der Waals surface area contributed by atoms with Crippen molar-refractivity contribution in [1.82, 2.24) is 4.90 Å². The minimum atomic E-state index is -1.74. The molecule has 12 nitrogen and oxygen atoms in total. The van der Waals surface area contributed by atoms with Crippen LogP contribution in [0.1, 0.15) is 88.1 Å². The van der Waals surface area contributed by atoms with Gasteiger partial charge in [-0.05, 0) is 51.2 Å². The number of ether oxygens (including phenoxy) is 3. The Bertz CT molecular complexity index is 1470. The first-order valence-corrected chi connectivity index (χ1v) is 13.7. The molecule has 2 aliphatic carbocycles. The number of nitrogens with zero attached hydrogens (tertiary/aromatic N) is 1. The number of ketones is 2. The van der Waals surface area contributed by atoms with Crippen molar-refractivity contribution in [3.63, 3.8) is 0 Å². The molecule has 2 aromatic carbocycles. The van der Waals surface area contributed by atoms with Gasteiger partial charge in [0.2, 0.25) is 5.78 Å². The van der Waals surface area contributed by atoms with E-state index in [1.54, 1.807) is 13.8 Å². The second kappa shape index (κ2) is 10.6. The maximum atomic E-state index is 13.7. The summed E-state index contributed by atoms with van der Waals surface area (Å²) in [5.74, 6) is -5.69. The number of hydrogen-bond acceptors (Lipinski definition) is 12. The number of hydrogen-bond donors (Lipinski definition) is 5. The number of methoxy groups -OCH3 is 1. The summed E-state index contributed by atoms with van der Waals surface area (Å²) in [7, 11) is 4.76. The van der Waals surface area contributed by atoms with Gasteiger partial charge in [-0.15, -0.1) is 0 Å². The van der Waals surface area contributed by atoms with Crippen LogP contribution in [0.4, 0.5) is 0 Å². The van der Waals surface area contributed by atoms with Crippen molar-refractivity contribution in [2.45, 2.75) is 75.3 Å². The van der Waals surface area contributed by atoms with Gasteiger partial charge in [-0.3, -0.25) is 14.4 Å². The van der Waals surface area contributed by atoms with Crippen molar-refractivity contribution in [1.29, 1.82) is 0 Å². The maximum Gasteiger partial charge on any atom is 0.316 e. The molecule has 0 bridgehead atoms. The summed E-state index contributed by atoms with van der Waals surface area (Å²) in [6.45, 7) is 3.36. The van der Waals surface area contributed by atoms with Gasteiger partial charge in [0.05, 0.1) is 47.7 Å². The number of likely N-dealkylation sites (N-methyl/N-ethyl adjacent to an activating group) is 1. The van der Waals surface area contributed by atoms with Crippen LogP contribution < -0.4 is 0 Å². The molecular weight excluding hydrogens is 550 g/mol. The predicted octanol–water partition coefficient (Wildman–Crippen LogP) is 1.86. The topological polar surface area (TPSA) is 183 Å². The Kier molecular flexibility index (Phi) is 7.57. The van der Waals surface area contributed by atoms with E-state index in [-0.39, 0.29) is 42.0 Å². The Balaban J connectivity index is 1.70. The van der Waals surface area contributed by atoms with Crippen LogP contribution in [0.25, 0.3) is 0 Å². The summed E-state index contributed by atoms with van der Waals surface area (Å²) in [6, 6.07) is 3.05. The normalized spacial score (nSPS) is 30.5. The molecule has 1 saturated heterocycles. The molecule has 1 aliphatic heterocycles. The van der Waals surface area contributed by atoms with E-state index >= 15 is 0 Å². The first-order valence-electron chi connectivity index (χ1n) is 13.7. The van der Waals surface area contributed by atoms with Gasteiger partial charge < -0.3 is 44.6 Å². The highest BCUT2D eigenvalue weighted by molar-refractivity contribution is 6.31. The van der Waals surface area contributed by atoms with Crippen LogP contribution in [0.2, 0.25) is 0 Å². The van der Waals surface area contributed by atoms with Gasteiger partial charge in [0.25, 0.3) is 0 Å². The largest absolute Gasteiger partial charge is 0.507 e. The van der Waals surface area contributed by atoms with E-state index in [1.165, 1.54) is 6.07 Å². The van der Waals surface area contributed by atoms with Gasteiger partial charge in [-0.2, -0.15) is 0 Å². The highest BCUT2D eigenvalue weighted by Crippen LogP contribution is 2.54. The Labute approximate surface area is 242 Å². The van der Waals surface area contributed by atoms with Gasteiger partial charge in [0.15, 0.2) is 12.1 Å². The van der Waals surface area contributed by atoms with Crippen molar-refractivity contribution >= 4 is 17.5 Å². The quantitative estimate of drug-likeness (QED) is 0.217. The molecule has 0 aromatic heterocycles. The molecule has 1 fully saturated rings. The zero-order valence-electron chi connectivity index (χ0n) is 24.0. The Hall–Kier alpha value is -3.55. The molecule has 7 atom stereocenters. The van der Waals surface area contributed by atoms with Crippen molar-refractivity contribution in [2.24, 2.45) is 0 Å². The Morgan fingerprint density at radius 3 is 2.29 bits per heavy atom. The van der Waals surface area contributed by atoms with Crippen LogP contribution in [-0.4, -0.2) is 99.3 Å². The highest BCUT2D eigenvalue weighted by atomic mass is 16.7. The fourth-order valence-corrected chi connectivity index (χ4v) is 6.56. The second-order valence-electron chi connectivity index (χ2n) is 11.4. The predicted molar refractivity (Wildman–Crippen MR) is 146 cm³/mol. The standard InChI is InChI=1S/C30H35NO11/c1-6-30(39)11-18(42-19-10-15(31(3)4)25(34)12(2)41-19)20-13(24(30)29(38)40-5)9-14-21(27(20)36)28(37)23-17(33)8-7-16(32)22(23)26(14)35/h7-9,12,15,18-19,24-25,32-34,36,39H,6,10-11H2,1-5H3/t12-,15-,18-,19-,24-,25+,30-/m0/s1. The van der Waals surface area contributed by atoms with E-state index in [0.29, 0.717) is 0 Å². The molecule has 2 aromatic rings. The van der Waals surface area contributed by atoms with Crippen LogP contribution in [0.15, 0.2) is 18.2 Å².